The lowest BCUT2D eigenvalue weighted by Crippen LogP contribution is -2.49. The smallest absolute Gasteiger partial charge is 0.290 e. The van der Waals surface area contributed by atoms with E-state index in [0.717, 1.165) is 37.1 Å². The Labute approximate surface area is 282 Å². The van der Waals surface area contributed by atoms with Gasteiger partial charge in [0, 0.05) is 36.8 Å². The van der Waals surface area contributed by atoms with E-state index in [2.05, 4.69) is 75.7 Å². The Bertz CT molecular complexity index is 1840. The number of likely N-dealkylation sites (tertiary alicyclic amines) is 1. The Hall–Kier alpha value is -4.06. The predicted octanol–water partition coefficient (Wildman–Crippen LogP) is 5.39. The number of imidazole rings is 1. The van der Waals surface area contributed by atoms with E-state index < -0.39 is 10.0 Å². The molecule has 11 heteroatoms. The van der Waals surface area contributed by atoms with Gasteiger partial charge in [-0.05, 0) is 107 Å². The van der Waals surface area contributed by atoms with Crippen LogP contribution in [0.1, 0.15) is 72.7 Å². The fourth-order valence-corrected chi connectivity index (χ4v) is 9.28. The minimum Gasteiger partial charge on any atom is -0.483 e. The molecule has 10 nitrogen and oxygen atoms in total. The SMILES string of the molecule is CNS(=O)(=O)c1cccc(C(=O)N2CCC(CCN3[C@@H]4CC[C@H]3CC(n3c(C)nc5ccccc53)C4)(c3ccccc3)CC2)c1.O=CO. The van der Waals surface area contributed by atoms with Crippen LogP contribution in [0.25, 0.3) is 11.0 Å². The summed E-state index contributed by atoms with van der Waals surface area (Å²) < 4.78 is 29.5. The van der Waals surface area contributed by atoms with E-state index in [9.17, 15) is 13.2 Å². The third-order valence-corrected chi connectivity index (χ3v) is 12.3. The number of piperidine rings is 2. The summed E-state index contributed by atoms with van der Waals surface area (Å²) >= 11 is 0. The van der Waals surface area contributed by atoms with E-state index in [1.54, 1.807) is 12.1 Å². The lowest BCUT2D eigenvalue weighted by molar-refractivity contribution is -0.122. The summed E-state index contributed by atoms with van der Waals surface area (Å²) in [5, 5.41) is 6.89. The molecule has 0 aliphatic carbocycles. The molecule has 1 unspecified atom stereocenters. The second-order valence-corrected chi connectivity index (χ2v) is 15.2. The first-order valence-electron chi connectivity index (χ1n) is 16.9. The maximum Gasteiger partial charge on any atom is 0.290 e. The molecule has 4 aromatic rings. The summed E-state index contributed by atoms with van der Waals surface area (Å²) in [5.74, 6) is 1.01. The number of rotatable bonds is 8. The van der Waals surface area contributed by atoms with Crippen molar-refractivity contribution in [2.75, 3.05) is 26.7 Å². The van der Waals surface area contributed by atoms with Crippen molar-refractivity contribution in [3.63, 3.8) is 0 Å². The molecule has 3 atom stereocenters. The van der Waals surface area contributed by atoms with Crippen molar-refractivity contribution >= 4 is 33.4 Å². The molecule has 4 heterocycles. The van der Waals surface area contributed by atoms with Gasteiger partial charge in [-0.25, -0.2) is 18.1 Å². The highest BCUT2D eigenvalue weighted by molar-refractivity contribution is 7.89. The number of para-hydroxylation sites is 2. The third kappa shape index (κ3) is 6.63. The van der Waals surface area contributed by atoms with Crippen molar-refractivity contribution in [2.45, 2.75) is 80.3 Å². The van der Waals surface area contributed by atoms with Crippen LogP contribution in [0.2, 0.25) is 0 Å². The molecular weight excluding hydrogens is 627 g/mol. The molecule has 48 heavy (non-hydrogen) atoms. The van der Waals surface area contributed by atoms with Gasteiger partial charge in [0.15, 0.2) is 0 Å². The highest BCUT2D eigenvalue weighted by Crippen LogP contribution is 2.45. The number of hydrogen-bond acceptors (Lipinski definition) is 6. The van der Waals surface area contributed by atoms with Crippen LogP contribution in [0.3, 0.4) is 0 Å². The molecule has 254 valence electrons. The van der Waals surface area contributed by atoms with Crippen molar-refractivity contribution in [3.8, 4) is 0 Å². The van der Waals surface area contributed by atoms with Gasteiger partial charge in [-0.15, -0.1) is 0 Å². The fourth-order valence-electron chi connectivity index (χ4n) is 8.50. The van der Waals surface area contributed by atoms with Crippen molar-refractivity contribution in [2.24, 2.45) is 0 Å². The van der Waals surface area contributed by atoms with Gasteiger partial charge in [-0.1, -0.05) is 48.5 Å². The number of aromatic nitrogens is 2. The zero-order valence-electron chi connectivity index (χ0n) is 27.7. The zero-order chi connectivity index (χ0) is 33.9. The van der Waals surface area contributed by atoms with Gasteiger partial charge in [0.1, 0.15) is 5.82 Å². The number of nitrogens with one attached hydrogen (secondary N) is 1. The van der Waals surface area contributed by atoms with Gasteiger partial charge in [0.05, 0.1) is 15.9 Å². The molecule has 2 N–H and O–H groups in total. The Morgan fingerprint density at radius 1 is 0.958 bits per heavy atom. The molecule has 0 radical (unpaired) electrons. The summed E-state index contributed by atoms with van der Waals surface area (Å²) in [6.07, 6.45) is 7.71. The van der Waals surface area contributed by atoms with Crippen molar-refractivity contribution < 1.29 is 23.1 Å². The largest absolute Gasteiger partial charge is 0.483 e. The van der Waals surface area contributed by atoms with Crippen LogP contribution < -0.4 is 4.72 Å². The van der Waals surface area contributed by atoms with E-state index in [0.29, 0.717) is 36.8 Å². The van der Waals surface area contributed by atoms with E-state index >= 15 is 0 Å². The summed E-state index contributed by atoms with van der Waals surface area (Å²) in [6, 6.07) is 27.4. The Morgan fingerprint density at radius 3 is 2.27 bits per heavy atom. The number of carboxylic acid groups (broad SMARTS) is 1. The van der Waals surface area contributed by atoms with Gasteiger partial charge < -0.3 is 14.6 Å². The van der Waals surface area contributed by atoms with Gasteiger partial charge in [-0.2, -0.15) is 0 Å². The van der Waals surface area contributed by atoms with E-state index in [1.807, 2.05) is 4.90 Å². The van der Waals surface area contributed by atoms with Crippen LogP contribution >= 0.6 is 0 Å². The van der Waals surface area contributed by atoms with E-state index in [1.165, 1.54) is 55.9 Å². The zero-order valence-corrected chi connectivity index (χ0v) is 28.5. The molecule has 3 aromatic carbocycles. The van der Waals surface area contributed by atoms with Crippen LogP contribution in [0.4, 0.5) is 0 Å². The first kappa shape index (κ1) is 33.8. The number of nitrogens with zero attached hydrogens (tertiary/aromatic N) is 4. The molecule has 1 aromatic heterocycles. The molecule has 0 spiro atoms. The number of sulfonamides is 1. The number of fused-ring (bicyclic) bond motifs is 3. The second kappa shape index (κ2) is 14.2. The fraction of sp³-hybridized carbons (Fsp3) is 0.432. The normalized spacial score (nSPS) is 22.2. The maximum atomic E-state index is 13.5. The summed E-state index contributed by atoms with van der Waals surface area (Å²) in [7, 11) is -2.24. The highest BCUT2D eigenvalue weighted by Gasteiger charge is 2.44. The number of benzene rings is 3. The molecular formula is C37H45N5O5S. The first-order chi connectivity index (χ1) is 23.2. The van der Waals surface area contributed by atoms with Gasteiger partial charge in [0.2, 0.25) is 10.0 Å². The van der Waals surface area contributed by atoms with E-state index in [4.69, 9.17) is 14.9 Å². The Balaban J connectivity index is 0.00000129. The minimum atomic E-state index is -3.62. The van der Waals surface area contributed by atoms with Crippen LogP contribution in [0.5, 0.6) is 0 Å². The quantitative estimate of drug-likeness (QED) is 0.241. The lowest BCUT2D eigenvalue weighted by atomic mass is 9.70. The number of aryl methyl sites for hydroxylation is 1. The van der Waals surface area contributed by atoms with Crippen LogP contribution in [-0.4, -0.2) is 84.0 Å². The predicted molar refractivity (Wildman–Crippen MR) is 186 cm³/mol. The first-order valence-corrected chi connectivity index (χ1v) is 18.3. The average molecular weight is 672 g/mol. The molecule has 3 aliphatic heterocycles. The summed E-state index contributed by atoms with van der Waals surface area (Å²) in [6.45, 7) is 4.27. The average Bonchev–Trinajstić information content (AvgIpc) is 3.58. The Morgan fingerprint density at radius 2 is 1.60 bits per heavy atom. The topological polar surface area (TPSA) is 125 Å². The number of hydrogen-bond donors (Lipinski definition) is 2. The molecule has 7 rings (SSSR count). The number of carbonyl (C=O) groups excluding carboxylic acids is 1. The van der Waals surface area contributed by atoms with Crippen molar-refractivity contribution in [3.05, 3.63) is 95.8 Å². The molecule has 2 bridgehead atoms. The third-order valence-electron chi connectivity index (χ3n) is 10.9. The lowest BCUT2D eigenvalue weighted by Gasteiger charge is -2.45. The van der Waals surface area contributed by atoms with Crippen molar-refractivity contribution in [1.82, 2.24) is 24.1 Å². The Kier molecular flexibility index (Phi) is 10.0. The minimum absolute atomic E-state index is 0.00276. The van der Waals surface area contributed by atoms with Crippen molar-refractivity contribution in [1.29, 1.82) is 0 Å². The number of amides is 1. The monoisotopic (exact) mass is 671 g/mol. The van der Waals surface area contributed by atoms with Crippen LogP contribution in [-0.2, 0) is 20.2 Å². The van der Waals surface area contributed by atoms with Gasteiger partial charge in [0.25, 0.3) is 12.4 Å². The van der Waals surface area contributed by atoms with E-state index in [-0.39, 0.29) is 22.7 Å². The molecule has 3 fully saturated rings. The molecule has 3 saturated heterocycles. The second-order valence-electron chi connectivity index (χ2n) is 13.3. The number of carbonyl (C=O) groups is 2. The highest BCUT2D eigenvalue weighted by atomic mass is 32.2. The standard InChI is InChI=1S/C36H43N5O3S.CH2O2/c1-26-38-33-13-6-7-14-34(33)41(26)31-24-29-15-16-30(25-31)40(29)22-19-36(28-10-4-3-5-11-28)17-20-39(21-18-36)35(42)27-9-8-12-32(23-27)45(43,44)37-2;2-1-3/h3-14,23,29-31,37H,15-22,24-25H2,1-2H3;1H,(H,2,3)/t29-,30+,31?;. The molecule has 1 amide bonds. The molecule has 3 aliphatic rings. The van der Waals surface area contributed by atoms with Gasteiger partial charge >= 0.3 is 0 Å². The van der Waals surface area contributed by atoms with Crippen LogP contribution in [0.15, 0.2) is 83.8 Å². The molecule has 0 saturated carbocycles. The van der Waals surface area contributed by atoms with Crippen LogP contribution in [0, 0.1) is 6.92 Å². The summed E-state index contributed by atoms with van der Waals surface area (Å²) in [4.78, 5) is 31.6. The summed E-state index contributed by atoms with van der Waals surface area (Å²) in [5.41, 5.74) is 4.13. The maximum absolute atomic E-state index is 13.5. The van der Waals surface area contributed by atoms with Gasteiger partial charge in [-0.3, -0.25) is 14.5 Å².